The van der Waals surface area contributed by atoms with E-state index < -0.39 is 3.79 Å². The average molecular weight is 269 g/mol. The molecule has 0 amide bonds. The van der Waals surface area contributed by atoms with Crippen molar-refractivity contribution in [2.45, 2.75) is 31.0 Å². The van der Waals surface area contributed by atoms with Gasteiger partial charge in [0.05, 0.1) is 0 Å². The summed E-state index contributed by atoms with van der Waals surface area (Å²) in [5.74, 6) is 0.806. The van der Waals surface area contributed by atoms with E-state index in [-0.39, 0.29) is 11.2 Å². The number of nitrogens with zero attached hydrogens (tertiary/aromatic N) is 3. The summed E-state index contributed by atoms with van der Waals surface area (Å²) in [5.41, 5.74) is 0.0895. The molecule has 0 saturated heterocycles. The van der Waals surface area contributed by atoms with Gasteiger partial charge in [-0.15, -0.1) is 0 Å². The zero-order chi connectivity index (χ0) is 11.7. The zero-order valence-electron chi connectivity index (χ0n) is 8.76. The fraction of sp³-hybridized carbons (Fsp3) is 0.667. The minimum Gasteiger partial charge on any atom is -0.221 e. The summed E-state index contributed by atoms with van der Waals surface area (Å²) in [6.45, 7) is 6.27. The summed E-state index contributed by atoms with van der Waals surface area (Å²) in [5, 5.41) is 0. The Balaban J connectivity index is 2.94. The molecule has 1 aromatic rings. The van der Waals surface area contributed by atoms with E-state index in [1.165, 1.54) is 6.33 Å². The van der Waals surface area contributed by atoms with Gasteiger partial charge in [-0.25, -0.2) is 15.0 Å². The van der Waals surface area contributed by atoms with E-state index in [2.05, 4.69) is 35.7 Å². The van der Waals surface area contributed by atoms with Crippen LogP contribution in [0.2, 0.25) is 0 Å². The predicted molar refractivity (Wildman–Crippen MR) is 62.2 cm³/mol. The molecule has 3 nitrogen and oxygen atoms in total. The van der Waals surface area contributed by atoms with Crippen molar-refractivity contribution in [2.75, 3.05) is 0 Å². The third-order valence-corrected chi connectivity index (χ3v) is 2.07. The minimum absolute atomic E-state index is 0.0895. The summed E-state index contributed by atoms with van der Waals surface area (Å²) < 4.78 is -1.59. The van der Waals surface area contributed by atoms with Gasteiger partial charge in [0.2, 0.25) is 3.79 Å². The summed E-state index contributed by atoms with van der Waals surface area (Å²) in [6, 6.07) is 0. The molecule has 15 heavy (non-hydrogen) atoms. The molecule has 0 saturated carbocycles. The van der Waals surface area contributed by atoms with E-state index in [0.717, 1.165) is 0 Å². The lowest BCUT2D eigenvalue weighted by Crippen LogP contribution is -2.16. The molecule has 0 aliphatic rings. The van der Waals surface area contributed by atoms with Gasteiger partial charge in [0.15, 0.2) is 5.82 Å². The normalized spacial score (nSPS) is 12.9. The highest BCUT2D eigenvalue weighted by Gasteiger charge is 2.27. The highest BCUT2D eigenvalue weighted by molar-refractivity contribution is 6.66. The number of rotatable bonds is 1. The summed E-state index contributed by atoms with van der Waals surface area (Å²) in [4.78, 5) is 12.0. The van der Waals surface area contributed by atoms with Crippen molar-refractivity contribution in [1.82, 2.24) is 15.0 Å². The first-order valence-electron chi connectivity index (χ1n) is 4.43. The van der Waals surface area contributed by atoms with Gasteiger partial charge in [0, 0.05) is 6.42 Å². The number of aromatic nitrogens is 3. The summed E-state index contributed by atoms with van der Waals surface area (Å²) in [7, 11) is 0. The van der Waals surface area contributed by atoms with Crippen LogP contribution in [0.1, 0.15) is 32.4 Å². The quantitative estimate of drug-likeness (QED) is 0.734. The van der Waals surface area contributed by atoms with Crippen LogP contribution in [0.25, 0.3) is 0 Å². The van der Waals surface area contributed by atoms with Crippen LogP contribution >= 0.6 is 34.8 Å². The number of halogens is 3. The van der Waals surface area contributed by atoms with Gasteiger partial charge in [-0.3, -0.25) is 0 Å². The molecule has 0 spiro atoms. The number of hydrogen-bond donors (Lipinski definition) is 0. The van der Waals surface area contributed by atoms with Crippen LogP contribution in [0.5, 0.6) is 0 Å². The average Bonchev–Trinajstić information content (AvgIpc) is 1.99. The topological polar surface area (TPSA) is 38.7 Å². The lowest BCUT2D eigenvalue weighted by atomic mass is 9.92. The molecule has 0 fully saturated rings. The van der Waals surface area contributed by atoms with E-state index in [1.807, 2.05) is 0 Å². The molecule has 0 aliphatic heterocycles. The molecule has 0 bridgehead atoms. The van der Waals surface area contributed by atoms with Gasteiger partial charge >= 0.3 is 0 Å². The van der Waals surface area contributed by atoms with Crippen LogP contribution in [-0.4, -0.2) is 15.0 Å². The second kappa shape index (κ2) is 4.40. The lowest BCUT2D eigenvalue weighted by molar-refractivity contribution is 0.399. The highest BCUT2D eigenvalue weighted by atomic mass is 35.6. The van der Waals surface area contributed by atoms with Gasteiger partial charge in [0.25, 0.3) is 0 Å². The van der Waals surface area contributed by atoms with Crippen LogP contribution in [0.15, 0.2) is 6.33 Å². The maximum absolute atomic E-state index is 5.68. The molecule has 0 aliphatic carbocycles. The summed E-state index contributed by atoms with van der Waals surface area (Å²) in [6.07, 6.45) is 2.08. The van der Waals surface area contributed by atoms with Crippen molar-refractivity contribution in [2.24, 2.45) is 5.41 Å². The fourth-order valence-corrected chi connectivity index (χ4v) is 1.30. The molecule has 84 valence electrons. The SMILES string of the molecule is CC(C)(C)Cc1ncnc(C(Cl)(Cl)Cl)n1. The third-order valence-electron chi connectivity index (χ3n) is 1.56. The minimum atomic E-state index is -1.59. The Morgan fingerprint density at radius 3 is 2.20 bits per heavy atom. The largest absolute Gasteiger partial charge is 0.250 e. The van der Waals surface area contributed by atoms with Gasteiger partial charge in [-0.1, -0.05) is 55.6 Å². The molecular weight excluding hydrogens is 256 g/mol. The van der Waals surface area contributed by atoms with Gasteiger partial charge in [0.1, 0.15) is 12.2 Å². The first kappa shape index (κ1) is 12.9. The maximum Gasteiger partial charge on any atom is 0.250 e. The lowest BCUT2D eigenvalue weighted by Gasteiger charge is -2.17. The van der Waals surface area contributed by atoms with Crippen molar-refractivity contribution in [3.8, 4) is 0 Å². The Morgan fingerprint density at radius 2 is 1.73 bits per heavy atom. The van der Waals surface area contributed by atoms with Crippen molar-refractivity contribution >= 4 is 34.8 Å². The molecule has 0 N–H and O–H groups in total. The maximum atomic E-state index is 5.68. The Labute approximate surface area is 104 Å². The van der Waals surface area contributed by atoms with Crippen molar-refractivity contribution in [3.05, 3.63) is 18.0 Å². The molecule has 0 unspecified atom stereocenters. The monoisotopic (exact) mass is 267 g/mol. The van der Waals surface area contributed by atoms with Gasteiger partial charge in [-0.2, -0.15) is 0 Å². The smallest absolute Gasteiger partial charge is 0.221 e. The van der Waals surface area contributed by atoms with Crippen LogP contribution in [0, 0.1) is 5.41 Å². The number of alkyl halides is 3. The van der Waals surface area contributed by atoms with Crippen molar-refractivity contribution < 1.29 is 0 Å². The van der Waals surface area contributed by atoms with Crippen molar-refractivity contribution in [1.29, 1.82) is 0 Å². The molecule has 1 rings (SSSR count). The summed E-state index contributed by atoms with van der Waals surface area (Å²) >= 11 is 17.0. The molecule has 1 heterocycles. The molecule has 1 aromatic heterocycles. The third kappa shape index (κ3) is 4.49. The molecule has 6 heteroatoms. The second-order valence-electron chi connectivity index (χ2n) is 4.46. The fourth-order valence-electron chi connectivity index (χ4n) is 1.03. The molecular formula is C9H12Cl3N3. The van der Waals surface area contributed by atoms with Crippen LogP contribution in [0.4, 0.5) is 0 Å². The van der Waals surface area contributed by atoms with E-state index in [1.54, 1.807) is 0 Å². The van der Waals surface area contributed by atoms with E-state index in [4.69, 9.17) is 34.8 Å². The Kier molecular flexibility index (Phi) is 3.80. The molecule has 0 radical (unpaired) electrons. The Morgan fingerprint density at radius 1 is 1.13 bits per heavy atom. The van der Waals surface area contributed by atoms with Gasteiger partial charge in [-0.05, 0) is 5.41 Å². The van der Waals surface area contributed by atoms with Crippen molar-refractivity contribution in [3.63, 3.8) is 0 Å². The first-order chi connectivity index (χ1) is 6.68. The van der Waals surface area contributed by atoms with Crippen LogP contribution in [-0.2, 0) is 10.2 Å². The standard InChI is InChI=1S/C9H12Cl3N3/c1-8(2,3)4-6-13-5-14-7(15-6)9(10,11)12/h5H,4H2,1-3H3. The van der Waals surface area contributed by atoms with E-state index >= 15 is 0 Å². The van der Waals surface area contributed by atoms with Crippen LogP contribution < -0.4 is 0 Å². The zero-order valence-corrected chi connectivity index (χ0v) is 11.0. The van der Waals surface area contributed by atoms with E-state index in [9.17, 15) is 0 Å². The predicted octanol–water partition coefficient (Wildman–Crippen LogP) is 3.29. The highest BCUT2D eigenvalue weighted by Crippen LogP contribution is 2.35. The van der Waals surface area contributed by atoms with Gasteiger partial charge < -0.3 is 0 Å². The molecule has 0 atom stereocenters. The second-order valence-corrected chi connectivity index (χ2v) is 6.74. The van der Waals surface area contributed by atoms with E-state index in [0.29, 0.717) is 12.2 Å². The Bertz CT molecular complexity index is 341. The number of hydrogen-bond acceptors (Lipinski definition) is 3. The van der Waals surface area contributed by atoms with Crippen LogP contribution in [0.3, 0.4) is 0 Å². The molecule has 0 aromatic carbocycles. The Hall–Kier alpha value is -0.120. The first-order valence-corrected chi connectivity index (χ1v) is 5.57.